The molecule has 0 spiro atoms. The summed E-state index contributed by atoms with van der Waals surface area (Å²) in [4.78, 5) is 2.48. The molecular formula is C5H3ClFNS. The van der Waals surface area contributed by atoms with E-state index in [1.54, 1.807) is 0 Å². The lowest BCUT2D eigenvalue weighted by Gasteiger charge is -1.88. The van der Waals surface area contributed by atoms with Gasteiger partial charge in [-0.15, -0.1) is 0 Å². The average Bonchev–Trinajstić information content (AvgIpc) is 1.80. The van der Waals surface area contributed by atoms with Crippen LogP contribution in [0.1, 0.15) is 0 Å². The molecule has 0 radical (unpaired) electrons. The number of aromatic nitrogens is 1. The van der Waals surface area contributed by atoms with Crippen LogP contribution in [0.2, 0.25) is 5.02 Å². The number of H-pyrrole nitrogens is 1. The van der Waals surface area contributed by atoms with Crippen LogP contribution in [-0.2, 0) is 0 Å². The van der Waals surface area contributed by atoms with Crippen molar-refractivity contribution in [2.45, 2.75) is 0 Å². The molecule has 0 aliphatic heterocycles. The first-order valence-electron chi connectivity index (χ1n) is 2.24. The third-order valence-electron chi connectivity index (χ3n) is 0.823. The fourth-order valence-electron chi connectivity index (χ4n) is 0.432. The minimum atomic E-state index is -0.409. The van der Waals surface area contributed by atoms with Crippen LogP contribution in [0.25, 0.3) is 0 Å². The number of pyridine rings is 1. The number of halogens is 2. The summed E-state index contributed by atoms with van der Waals surface area (Å²) in [5.41, 5.74) is 0. The Morgan fingerprint density at radius 1 is 1.67 bits per heavy atom. The van der Waals surface area contributed by atoms with Crippen LogP contribution in [0.4, 0.5) is 4.39 Å². The fraction of sp³-hybridized carbons (Fsp3) is 0. The predicted molar refractivity (Wildman–Crippen MR) is 36.6 cm³/mol. The van der Waals surface area contributed by atoms with Gasteiger partial charge in [-0.3, -0.25) is 0 Å². The molecule has 0 fully saturated rings. The van der Waals surface area contributed by atoms with Crippen molar-refractivity contribution in [3.63, 3.8) is 0 Å². The van der Waals surface area contributed by atoms with Gasteiger partial charge in [0.25, 0.3) is 0 Å². The van der Waals surface area contributed by atoms with Crippen molar-refractivity contribution in [3.8, 4) is 0 Å². The van der Waals surface area contributed by atoms with E-state index in [9.17, 15) is 4.39 Å². The second-order valence-electron chi connectivity index (χ2n) is 1.49. The van der Waals surface area contributed by atoms with Gasteiger partial charge in [0.2, 0.25) is 0 Å². The Morgan fingerprint density at radius 3 is 2.78 bits per heavy atom. The van der Waals surface area contributed by atoms with Gasteiger partial charge in [0.1, 0.15) is 10.5 Å². The van der Waals surface area contributed by atoms with Gasteiger partial charge in [0.15, 0.2) is 0 Å². The third-order valence-corrected chi connectivity index (χ3v) is 1.57. The highest BCUT2D eigenvalue weighted by molar-refractivity contribution is 7.71. The molecule has 9 heavy (non-hydrogen) atoms. The maximum absolute atomic E-state index is 12.2. The van der Waals surface area contributed by atoms with Gasteiger partial charge in [-0.2, -0.15) is 0 Å². The highest BCUT2D eigenvalue weighted by Crippen LogP contribution is 2.08. The van der Waals surface area contributed by atoms with Crippen LogP contribution < -0.4 is 0 Å². The highest BCUT2D eigenvalue weighted by atomic mass is 35.5. The molecule has 0 saturated carbocycles. The number of rotatable bonds is 0. The number of hydrogen-bond donors (Lipinski definition) is 1. The standard InChI is InChI=1S/C5H3ClFNS/c6-4-1-3(7)2-8-5(4)9/h1-2H,(H,8,9). The summed E-state index contributed by atoms with van der Waals surface area (Å²) in [6.07, 6.45) is 1.16. The van der Waals surface area contributed by atoms with Crippen LogP contribution in [0.3, 0.4) is 0 Å². The SMILES string of the molecule is Fc1c[nH]c(=S)c(Cl)c1. The first-order chi connectivity index (χ1) is 4.20. The zero-order valence-electron chi connectivity index (χ0n) is 4.32. The molecule has 0 unspecified atom stereocenters. The molecular weight excluding hydrogens is 161 g/mol. The summed E-state index contributed by atoms with van der Waals surface area (Å²) in [7, 11) is 0. The Bertz CT molecular complexity index is 270. The molecule has 0 aliphatic rings. The fourth-order valence-corrected chi connectivity index (χ4v) is 0.708. The van der Waals surface area contributed by atoms with Gasteiger partial charge in [-0.25, -0.2) is 4.39 Å². The number of nitrogens with one attached hydrogen (secondary N) is 1. The zero-order valence-corrected chi connectivity index (χ0v) is 5.89. The average molecular weight is 164 g/mol. The van der Waals surface area contributed by atoms with Gasteiger partial charge in [0, 0.05) is 6.20 Å². The highest BCUT2D eigenvalue weighted by Gasteiger charge is 1.91. The summed E-state index contributed by atoms with van der Waals surface area (Å²) in [6.45, 7) is 0. The van der Waals surface area contributed by atoms with Crippen molar-refractivity contribution in [1.82, 2.24) is 4.98 Å². The Hall–Kier alpha value is -0.410. The summed E-state index contributed by atoms with van der Waals surface area (Å²) < 4.78 is 12.5. The van der Waals surface area contributed by atoms with E-state index in [0.29, 0.717) is 4.64 Å². The summed E-state index contributed by atoms with van der Waals surface area (Å²) in [5.74, 6) is -0.409. The van der Waals surface area contributed by atoms with Crippen LogP contribution in [-0.4, -0.2) is 4.98 Å². The molecule has 1 heterocycles. The van der Waals surface area contributed by atoms with E-state index in [-0.39, 0.29) is 5.02 Å². The Morgan fingerprint density at radius 2 is 2.33 bits per heavy atom. The topological polar surface area (TPSA) is 15.8 Å². The van der Waals surface area contributed by atoms with E-state index in [1.807, 2.05) is 0 Å². The van der Waals surface area contributed by atoms with Gasteiger partial charge in [0.05, 0.1) is 5.02 Å². The van der Waals surface area contributed by atoms with Gasteiger partial charge in [-0.05, 0) is 6.07 Å². The molecule has 0 aliphatic carbocycles. The molecule has 0 atom stereocenters. The van der Waals surface area contributed by atoms with Crippen molar-refractivity contribution in [3.05, 3.63) is 27.7 Å². The van der Waals surface area contributed by atoms with Crippen molar-refractivity contribution >= 4 is 23.8 Å². The molecule has 1 aromatic heterocycles. The molecule has 1 aromatic rings. The third kappa shape index (κ3) is 1.50. The molecule has 0 saturated heterocycles. The first-order valence-corrected chi connectivity index (χ1v) is 3.02. The number of aromatic amines is 1. The van der Waals surface area contributed by atoms with E-state index < -0.39 is 5.82 Å². The second kappa shape index (κ2) is 2.45. The minimum absolute atomic E-state index is 0.241. The summed E-state index contributed by atoms with van der Waals surface area (Å²) >= 11 is 10.1. The smallest absolute Gasteiger partial charge is 0.140 e. The number of hydrogen-bond acceptors (Lipinski definition) is 1. The largest absolute Gasteiger partial charge is 0.349 e. The molecule has 1 N–H and O–H groups in total. The van der Waals surface area contributed by atoms with Gasteiger partial charge in [-0.1, -0.05) is 23.8 Å². The van der Waals surface area contributed by atoms with E-state index in [4.69, 9.17) is 11.6 Å². The lowest BCUT2D eigenvalue weighted by molar-refractivity contribution is 0.621. The molecule has 48 valence electrons. The van der Waals surface area contributed by atoms with Crippen LogP contribution >= 0.6 is 23.8 Å². The van der Waals surface area contributed by atoms with Crippen molar-refractivity contribution < 1.29 is 4.39 Å². The second-order valence-corrected chi connectivity index (χ2v) is 2.31. The lowest BCUT2D eigenvalue weighted by atomic mass is 10.5. The maximum Gasteiger partial charge on any atom is 0.140 e. The molecule has 1 nitrogen and oxygen atoms in total. The van der Waals surface area contributed by atoms with E-state index >= 15 is 0 Å². The van der Waals surface area contributed by atoms with E-state index in [1.165, 1.54) is 6.07 Å². The molecule has 0 amide bonds. The van der Waals surface area contributed by atoms with Gasteiger partial charge >= 0.3 is 0 Å². The lowest BCUT2D eigenvalue weighted by Crippen LogP contribution is -1.77. The minimum Gasteiger partial charge on any atom is -0.349 e. The Kier molecular flexibility index (Phi) is 1.83. The van der Waals surface area contributed by atoms with Crippen molar-refractivity contribution in [1.29, 1.82) is 0 Å². The van der Waals surface area contributed by atoms with Crippen molar-refractivity contribution in [2.75, 3.05) is 0 Å². The molecule has 1 rings (SSSR count). The normalized spacial score (nSPS) is 9.56. The molecule has 0 aromatic carbocycles. The van der Waals surface area contributed by atoms with Gasteiger partial charge < -0.3 is 4.98 Å². The van der Waals surface area contributed by atoms with E-state index in [0.717, 1.165) is 6.20 Å². The Labute approximate surface area is 61.5 Å². The Balaban J connectivity index is 3.34. The predicted octanol–water partition coefficient (Wildman–Crippen LogP) is 2.54. The quantitative estimate of drug-likeness (QED) is 0.582. The van der Waals surface area contributed by atoms with E-state index in [2.05, 4.69) is 17.2 Å². The van der Waals surface area contributed by atoms with Crippen LogP contribution in [0, 0.1) is 10.5 Å². The monoisotopic (exact) mass is 163 g/mol. The zero-order chi connectivity index (χ0) is 6.85. The first kappa shape index (κ1) is 6.71. The summed E-state index contributed by atoms with van der Waals surface area (Å²) in [5, 5.41) is 0.241. The molecule has 4 heteroatoms. The maximum atomic E-state index is 12.2. The van der Waals surface area contributed by atoms with Crippen LogP contribution in [0.15, 0.2) is 12.3 Å². The summed E-state index contributed by atoms with van der Waals surface area (Å²) in [6, 6.07) is 1.17. The van der Waals surface area contributed by atoms with Crippen LogP contribution in [0.5, 0.6) is 0 Å². The van der Waals surface area contributed by atoms with Crippen molar-refractivity contribution in [2.24, 2.45) is 0 Å². The molecule has 0 bridgehead atoms.